The van der Waals surface area contributed by atoms with E-state index >= 15 is 0 Å². The predicted molar refractivity (Wildman–Crippen MR) is 103 cm³/mol. The molecule has 0 bridgehead atoms. The van der Waals surface area contributed by atoms with E-state index in [1.165, 1.54) is 0 Å². The van der Waals surface area contributed by atoms with Crippen LogP contribution in [-0.2, 0) is 4.79 Å². The lowest BCUT2D eigenvalue weighted by Gasteiger charge is -2.15. The van der Waals surface area contributed by atoms with Crippen LogP contribution in [0, 0.1) is 6.92 Å². The molecule has 2 rings (SSSR count). The number of carbonyl (C=O) groups excluding carboxylic acids is 1. The van der Waals surface area contributed by atoms with E-state index in [0.29, 0.717) is 19.4 Å². The number of hydrogen-bond acceptors (Lipinski definition) is 3. The highest BCUT2D eigenvalue weighted by Crippen LogP contribution is 2.22. The Morgan fingerprint density at radius 2 is 2.00 bits per heavy atom. The molecule has 0 spiro atoms. The Bertz CT molecular complexity index is 702. The third-order valence-corrected chi connectivity index (χ3v) is 4.11. The first-order valence-corrected chi connectivity index (χ1v) is 8.71. The Balaban J connectivity index is 1.77. The number of aryl methyl sites for hydroxylation is 1. The standard InChI is InChI=1S/C19H23BrN2O2/c1-14-12-16(22(2)3)9-10-18(14)21-19(23)8-5-11-24-17-7-4-6-15(20)13-17/h4,6-7,9-10,12-13H,5,8,11H2,1-3H3,(H,21,23). The number of benzene rings is 2. The van der Waals surface area contributed by atoms with Gasteiger partial charge in [0.05, 0.1) is 6.61 Å². The summed E-state index contributed by atoms with van der Waals surface area (Å²) in [5, 5.41) is 2.96. The Labute approximate surface area is 151 Å². The van der Waals surface area contributed by atoms with Crippen molar-refractivity contribution in [3.05, 3.63) is 52.5 Å². The molecule has 0 heterocycles. The molecule has 0 saturated heterocycles. The first kappa shape index (κ1) is 18.3. The molecule has 0 saturated carbocycles. The van der Waals surface area contributed by atoms with E-state index < -0.39 is 0 Å². The molecule has 4 nitrogen and oxygen atoms in total. The Kier molecular flexibility index (Phi) is 6.67. The molecule has 0 aliphatic heterocycles. The number of hydrogen-bond donors (Lipinski definition) is 1. The second-order valence-corrected chi connectivity index (χ2v) is 6.77. The highest BCUT2D eigenvalue weighted by atomic mass is 79.9. The van der Waals surface area contributed by atoms with Crippen LogP contribution in [0.4, 0.5) is 11.4 Å². The zero-order valence-corrected chi connectivity index (χ0v) is 15.9. The van der Waals surface area contributed by atoms with E-state index in [-0.39, 0.29) is 5.91 Å². The lowest BCUT2D eigenvalue weighted by molar-refractivity contribution is -0.116. The minimum Gasteiger partial charge on any atom is -0.494 e. The molecule has 1 N–H and O–H groups in total. The second kappa shape index (κ2) is 8.73. The lowest BCUT2D eigenvalue weighted by atomic mass is 10.1. The number of rotatable bonds is 7. The average molecular weight is 391 g/mol. The number of nitrogens with zero attached hydrogens (tertiary/aromatic N) is 1. The zero-order chi connectivity index (χ0) is 17.5. The zero-order valence-electron chi connectivity index (χ0n) is 14.3. The Morgan fingerprint density at radius 3 is 2.67 bits per heavy atom. The van der Waals surface area contributed by atoms with Gasteiger partial charge in [-0.1, -0.05) is 22.0 Å². The molecule has 24 heavy (non-hydrogen) atoms. The first-order valence-electron chi connectivity index (χ1n) is 7.92. The predicted octanol–water partition coefficient (Wildman–Crippen LogP) is 4.62. The molecule has 0 atom stereocenters. The van der Waals surface area contributed by atoms with Gasteiger partial charge in [-0.3, -0.25) is 4.79 Å². The van der Waals surface area contributed by atoms with Crippen molar-refractivity contribution in [2.24, 2.45) is 0 Å². The van der Waals surface area contributed by atoms with Crippen LogP contribution in [0.3, 0.4) is 0 Å². The van der Waals surface area contributed by atoms with Crippen molar-refractivity contribution in [3.8, 4) is 5.75 Å². The first-order chi connectivity index (χ1) is 11.5. The van der Waals surface area contributed by atoms with Crippen molar-refractivity contribution in [1.82, 2.24) is 0 Å². The topological polar surface area (TPSA) is 41.6 Å². The highest BCUT2D eigenvalue weighted by molar-refractivity contribution is 9.10. The third kappa shape index (κ3) is 5.57. The molecule has 0 aromatic heterocycles. The van der Waals surface area contributed by atoms with Crippen LogP contribution < -0.4 is 15.0 Å². The van der Waals surface area contributed by atoms with Crippen molar-refractivity contribution in [1.29, 1.82) is 0 Å². The number of halogens is 1. The lowest BCUT2D eigenvalue weighted by Crippen LogP contribution is -2.14. The van der Waals surface area contributed by atoms with Crippen LogP contribution in [0.25, 0.3) is 0 Å². The maximum absolute atomic E-state index is 12.1. The molecule has 0 aliphatic rings. The molecule has 128 valence electrons. The number of nitrogens with one attached hydrogen (secondary N) is 1. The van der Waals surface area contributed by atoms with E-state index in [1.807, 2.05) is 62.3 Å². The quantitative estimate of drug-likeness (QED) is 0.701. The fourth-order valence-electron chi connectivity index (χ4n) is 2.26. The summed E-state index contributed by atoms with van der Waals surface area (Å²) in [6, 6.07) is 13.7. The van der Waals surface area contributed by atoms with Gasteiger partial charge in [0, 0.05) is 36.4 Å². The number of amides is 1. The van der Waals surface area contributed by atoms with E-state index in [0.717, 1.165) is 27.2 Å². The summed E-state index contributed by atoms with van der Waals surface area (Å²) in [5.74, 6) is 0.813. The van der Waals surface area contributed by atoms with Crippen molar-refractivity contribution in [2.45, 2.75) is 19.8 Å². The van der Waals surface area contributed by atoms with Crippen molar-refractivity contribution in [3.63, 3.8) is 0 Å². The normalized spacial score (nSPS) is 10.3. The van der Waals surface area contributed by atoms with Crippen molar-refractivity contribution >= 4 is 33.2 Å². The minimum atomic E-state index is 0.00791. The van der Waals surface area contributed by atoms with Crippen LogP contribution in [0.5, 0.6) is 5.75 Å². The summed E-state index contributed by atoms with van der Waals surface area (Å²) in [7, 11) is 4.00. The molecular weight excluding hydrogens is 368 g/mol. The smallest absolute Gasteiger partial charge is 0.224 e. The molecule has 0 fully saturated rings. The van der Waals surface area contributed by atoms with Crippen LogP contribution in [0.2, 0.25) is 0 Å². The van der Waals surface area contributed by atoms with Gasteiger partial charge >= 0.3 is 0 Å². The van der Waals surface area contributed by atoms with Gasteiger partial charge in [-0.15, -0.1) is 0 Å². The molecule has 5 heteroatoms. The van der Waals surface area contributed by atoms with Gasteiger partial charge in [0.2, 0.25) is 5.91 Å². The van der Waals surface area contributed by atoms with Gasteiger partial charge in [0.1, 0.15) is 5.75 Å². The van der Waals surface area contributed by atoms with Gasteiger partial charge < -0.3 is 15.0 Å². The molecule has 0 unspecified atom stereocenters. The van der Waals surface area contributed by atoms with Gasteiger partial charge in [-0.05, 0) is 55.3 Å². The van der Waals surface area contributed by atoms with Crippen molar-refractivity contribution < 1.29 is 9.53 Å². The maximum Gasteiger partial charge on any atom is 0.224 e. The van der Waals surface area contributed by atoms with Gasteiger partial charge in [-0.2, -0.15) is 0 Å². The molecule has 0 aliphatic carbocycles. The number of carbonyl (C=O) groups is 1. The summed E-state index contributed by atoms with van der Waals surface area (Å²) < 4.78 is 6.62. The Hall–Kier alpha value is -2.01. The highest BCUT2D eigenvalue weighted by Gasteiger charge is 2.06. The Morgan fingerprint density at radius 1 is 1.21 bits per heavy atom. The summed E-state index contributed by atoms with van der Waals surface area (Å²) in [6.07, 6.45) is 1.11. The van der Waals surface area contributed by atoms with E-state index in [4.69, 9.17) is 4.74 Å². The van der Waals surface area contributed by atoms with Gasteiger partial charge in [0.25, 0.3) is 0 Å². The average Bonchev–Trinajstić information content (AvgIpc) is 2.53. The van der Waals surface area contributed by atoms with E-state index in [2.05, 4.69) is 27.3 Å². The molecule has 0 radical (unpaired) electrons. The van der Waals surface area contributed by atoms with Crippen LogP contribution >= 0.6 is 15.9 Å². The molecular formula is C19H23BrN2O2. The van der Waals surface area contributed by atoms with E-state index in [1.54, 1.807) is 0 Å². The number of anilines is 2. The van der Waals surface area contributed by atoms with Crippen molar-refractivity contribution in [2.75, 3.05) is 30.9 Å². The van der Waals surface area contributed by atoms with Crippen LogP contribution in [0.1, 0.15) is 18.4 Å². The minimum absolute atomic E-state index is 0.00791. The fraction of sp³-hybridized carbons (Fsp3) is 0.316. The second-order valence-electron chi connectivity index (χ2n) is 5.85. The van der Waals surface area contributed by atoms with Crippen LogP contribution in [-0.4, -0.2) is 26.6 Å². The summed E-state index contributed by atoms with van der Waals surface area (Å²) >= 11 is 3.40. The molecule has 2 aromatic carbocycles. The largest absolute Gasteiger partial charge is 0.494 e. The monoisotopic (exact) mass is 390 g/mol. The van der Waals surface area contributed by atoms with Gasteiger partial charge in [0.15, 0.2) is 0 Å². The summed E-state index contributed by atoms with van der Waals surface area (Å²) in [6.45, 7) is 2.52. The molecule has 1 amide bonds. The summed E-state index contributed by atoms with van der Waals surface area (Å²) in [4.78, 5) is 14.1. The summed E-state index contributed by atoms with van der Waals surface area (Å²) in [5.41, 5.74) is 3.03. The van der Waals surface area contributed by atoms with Crippen LogP contribution in [0.15, 0.2) is 46.9 Å². The third-order valence-electron chi connectivity index (χ3n) is 3.61. The molecule has 2 aromatic rings. The van der Waals surface area contributed by atoms with Gasteiger partial charge in [-0.25, -0.2) is 0 Å². The fourth-order valence-corrected chi connectivity index (χ4v) is 2.64. The maximum atomic E-state index is 12.1. The SMILES string of the molecule is Cc1cc(N(C)C)ccc1NC(=O)CCCOc1cccc(Br)c1. The van der Waals surface area contributed by atoms with E-state index in [9.17, 15) is 4.79 Å². The number of ether oxygens (including phenoxy) is 1.